The Hall–Kier alpha value is -1.62. The lowest BCUT2D eigenvalue weighted by molar-refractivity contribution is 0.0692. The second kappa shape index (κ2) is 4.49. The van der Waals surface area contributed by atoms with E-state index in [1.165, 1.54) is 13.2 Å². The van der Waals surface area contributed by atoms with Crippen LogP contribution < -0.4 is 4.74 Å². The minimum atomic E-state index is -1.03. The summed E-state index contributed by atoms with van der Waals surface area (Å²) in [5, 5.41) is 8.91. The van der Waals surface area contributed by atoms with Crippen LogP contribution in [-0.4, -0.2) is 36.4 Å². The number of carboxylic acids is 1. The van der Waals surface area contributed by atoms with Crippen LogP contribution in [0.25, 0.3) is 0 Å². The number of rotatable bonds is 3. The van der Waals surface area contributed by atoms with Crippen molar-refractivity contribution in [2.45, 2.75) is 12.3 Å². The summed E-state index contributed by atoms with van der Waals surface area (Å²) in [5.74, 6) is -0.618. The number of hydrogen-bond acceptors (Lipinski definition) is 4. The highest BCUT2D eigenvalue weighted by Gasteiger charge is 2.21. The number of methoxy groups -OCH3 is 1. The molecule has 1 N–H and O–H groups in total. The van der Waals surface area contributed by atoms with Crippen molar-refractivity contribution in [1.82, 2.24) is 4.98 Å². The molecule has 0 spiro atoms. The third-order valence-corrected chi connectivity index (χ3v) is 2.65. The van der Waals surface area contributed by atoms with Crippen molar-refractivity contribution in [3.05, 3.63) is 23.4 Å². The molecule has 0 saturated carbocycles. The molecule has 1 aliphatic heterocycles. The molecule has 0 radical (unpaired) electrons. The van der Waals surface area contributed by atoms with E-state index in [2.05, 4.69) is 4.98 Å². The van der Waals surface area contributed by atoms with Gasteiger partial charge in [0.05, 0.1) is 13.7 Å². The number of carbonyl (C=O) groups is 1. The summed E-state index contributed by atoms with van der Waals surface area (Å²) in [4.78, 5) is 15.1. The van der Waals surface area contributed by atoms with Gasteiger partial charge in [0.1, 0.15) is 5.56 Å². The van der Waals surface area contributed by atoms with E-state index in [-0.39, 0.29) is 17.4 Å². The average Bonchev–Trinajstić information content (AvgIpc) is 2.81. The predicted octanol–water partition coefficient (Wildman–Crippen LogP) is 1.29. The minimum absolute atomic E-state index is 0.0881. The molecule has 5 nitrogen and oxygen atoms in total. The Kier molecular flexibility index (Phi) is 3.05. The quantitative estimate of drug-likeness (QED) is 0.836. The smallest absolute Gasteiger partial charge is 0.341 e. The van der Waals surface area contributed by atoms with E-state index in [1.807, 2.05) is 0 Å². The van der Waals surface area contributed by atoms with Crippen LogP contribution >= 0.6 is 0 Å². The Morgan fingerprint density at radius 2 is 2.44 bits per heavy atom. The van der Waals surface area contributed by atoms with Crippen LogP contribution in [0.5, 0.6) is 5.88 Å². The number of aromatic carboxylic acids is 1. The van der Waals surface area contributed by atoms with Gasteiger partial charge in [0.15, 0.2) is 0 Å². The molecule has 2 heterocycles. The second-order valence-corrected chi connectivity index (χ2v) is 3.66. The first-order valence-electron chi connectivity index (χ1n) is 5.08. The molecule has 0 amide bonds. The maximum absolute atomic E-state index is 10.9. The van der Waals surface area contributed by atoms with Crippen molar-refractivity contribution in [2.75, 3.05) is 20.3 Å². The number of nitrogens with zero attached hydrogens (tertiary/aromatic N) is 1. The molecule has 5 heteroatoms. The van der Waals surface area contributed by atoms with Crippen LogP contribution in [0.3, 0.4) is 0 Å². The van der Waals surface area contributed by atoms with E-state index in [9.17, 15) is 4.79 Å². The molecule has 1 aromatic rings. The van der Waals surface area contributed by atoms with E-state index in [4.69, 9.17) is 14.6 Å². The Morgan fingerprint density at radius 3 is 3.00 bits per heavy atom. The maximum Gasteiger partial charge on any atom is 0.341 e. The zero-order chi connectivity index (χ0) is 11.5. The lowest BCUT2D eigenvalue weighted by Gasteiger charge is -2.10. The molecule has 1 atom stereocenters. The fraction of sp³-hybridized carbons (Fsp3) is 0.455. The van der Waals surface area contributed by atoms with Gasteiger partial charge in [-0.3, -0.25) is 0 Å². The molecular formula is C11H13NO4. The van der Waals surface area contributed by atoms with Crippen molar-refractivity contribution in [1.29, 1.82) is 0 Å². The molecule has 1 fully saturated rings. The van der Waals surface area contributed by atoms with Crippen LogP contribution in [0.1, 0.15) is 28.4 Å². The van der Waals surface area contributed by atoms with Gasteiger partial charge in [-0.15, -0.1) is 0 Å². The van der Waals surface area contributed by atoms with Crippen molar-refractivity contribution in [3.8, 4) is 5.88 Å². The molecule has 86 valence electrons. The normalized spacial score (nSPS) is 19.7. The first-order valence-corrected chi connectivity index (χ1v) is 5.08. The Balaban J connectivity index is 2.32. The molecule has 0 bridgehead atoms. The van der Waals surface area contributed by atoms with Gasteiger partial charge in [-0.1, -0.05) is 0 Å². The molecule has 0 aromatic carbocycles. The van der Waals surface area contributed by atoms with E-state index >= 15 is 0 Å². The summed E-state index contributed by atoms with van der Waals surface area (Å²) in [6.07, 6.45) is 0.919. The number of carboxylic acid groups (broad SMARTS) is 1. The van der Waals surface area contributed by atoms with Gasteiger partial charge < -0.3 is 14.6 Å². The summed E-state index contributed by atoms with van der Waals surface area (Å²) in [5.41, 5.74) is 0.921. The number of pyridine rings is 1. The van der Waals surface area contributed by atoms with E-state index in [1.54, 1.807) is 6.07 Å². The summed E-state index contributed by atoms with van der Waals surface area (Å²) in [6, 6.07) is 3.26. The van der Waals surface area contributed by atoms with Gasteiger partial charge in [0.25, 0.3) is 0 Å². The van der Waals surface area contributed by atoms with Gasteiger partial charge in [0.2, 0.25) is 5.88 Å². The van der Waals surface area contributed by atoms with Gasteiger partial charge in [-0.25, -0.2) is 9.78 Å². The van der Waals surface area contributed by atoms with E-state index < -0.39 is 5.97 Å². The predicted molar refractivity (Wildman–Crippen MR) is 55.9 cm³/mol. The zero-order valence-corrected chi connectivity index (χ0v) is 8.97. The summed E-state index contributed by atoms with van der Waals surface area (Å²) in [6.45, 7) is 1.37. The highest BCUT2D eigenvalue weighted by molar-refractivity contribution is 5.90. The summed E-state index contributed by atoms with van der Waals surface area (Å²) < 4.78 is 10.2. The summed E-state index contributed by atoms with van der Waals surface area (Å²) in [7, 11) is 1.42. The van der Waals surface area contributed by atoms with Crippen LogP contribution in [0.4, 0.5) is 0 Å². The van der Waals surface area contributed by atoms with Gasteiger partial charge in [-0.05, 0) is 18.6 Å². The summed E-state index contributed by atoms with van der Waals surface area (Å²) >= 11 is 0. The van der Waals surface area contributed by atoms with Gasteiger partial charge in [-0.2, -0.15) is 0 Å². The van der Waals surface area contributed by atoms with Gasteiger partial charge >= 0.3 is 5.97 Å². The first-order chi connectivity index (χ1) is 7.72. The van der Waals surface area contributed by atoms with Gasteiger partial charge in [0, 0.05) is 18.2 Å². The lowest BCUT2D eigenvalue weighted by atomic mass is 10.0. The van der Waals surface area contributed by atoms with Crippen molar-refractivity contribution < 1.29 is 19.4 Å². The first kappa shape index (κ1) is 10.9. The highest BCUT2D eigenvalue weighted by atomic mass is 16.5. The number of ether oxygens (including phenoxy) is 2. The van der Waals surface area contributed by atoms with Crippen LogP contribution in [-0.2, 0) is 4.74 Å². The van der Waals surface area contributed by atoms with Crippen molar-refractivity contribution in [2.24, 2.45) is 0 Å². The zero-order valence-electron chi connectivity index (χ0n) is 8.97. The molecule has 1 aromatic heterocycles. The Labute approximate surface area is 93.0 Å². The topological polar surface area (TPSA) is 68.7 Å². The lowest BCUT2D eigenvalue weighted by Crippen LogP contribution is -2.07. The molecule has 0 aliphatic carbocycles. The molecule has 1 unspecified atom stereocenters. The SMILES string of the molecule is COc1nc(C2CCOC2)ccc1C(=O)O. The highest BCUT2D eigenvalue weighted by Crippen LogP contribution is 2.26. The minimum Gasteiger partial charge on any atom is -0.480 e. The van der Waals surface area contributed by atoms with Crippen molar-refractivity contribution in [3.63, 3.8) is 0 Å². The monoisotopic (exact) mass is 223 g/mol. The second-order valence-electron chi connectivity index (χ2n) is 3.66. The molecule has 1 saturated heterocycles. The van der Waals surface area contributed by atoms with Crippen molar-refractivity contribution >= 4 is 5.97 Å². The molecule has 16 heavy (non-hydrogen) atoms. The number of hydrogen-bond donors (Lipinski definition) is 1. The Bertz CT molecular complexity index is 399. The molecular weight excluding hydrogens is 210 g/mol. The van der Waals surface area contributed by atoms with Crippen LogP contribution in [0, 0.1) is 0 Å². The molecule has 2 rings (SSSR count). The van der Waals surface area contributed by atoms with E-state index in [0.717, 1.165) is 18.7 Å². The Morgan fingerprint density at radius 1 is 1.62 bits per heavy atom. The fourth-order valence-corrected chi connectivity index (χ4v) is 1.77. The van der Waals surface area contributed by atoms with Crippen LogP contribution in [0.15, 0.2) is 12.1 Å². The maximum atomic E-state index is 10.9. The third-order valence-electron chi connectivity index (χ3n) is 2.65. The average molecular weight is 223 g/mol. The fourth-order valence-electron chi connectivity index (χ4n) is 1.77. The third kappa shape index (κ3) is 1.99. The standard InChI is InChI=1S/C11H13NO4/c1-15-10-8(11(13)14)2-3-9(12-10)7-4-5-16-6-7/h2-3,7H,4-6H2,1H3,(H,13,14). The number of aromatic nitrogens is 1. The molecule has 1 aliphatic rings. The van der Waals surface area contributed by atoms with Crippen LogP contribution in [0.2, 0.25) is 0 Å². The van der Waals surface area contributed by atoms with E-state index in [0.29, 0.717) is 6.61 Å². The largest absolute Gasteiger partial charge is 0.480 e.